The topological polar surface area (TPSA) is 18.5 Å². The fraction of sp³-hybridized carbons (Fsp3) is 0.769. The lowest BCUT2D eigenvalue weighted by Crippen LogP contribution is -2.22. The van der Waals surface area contributed by atoms with E-state index < -0.39 is 0 Å². The maximum absolute atomic E-state index is 5.88. The van der Waals surface area contributed by atoms with Gasteiger partial charge in [0.1, 0.15) is 0 Å². The summed E-state index contributed by atoms with van der Waals surface area (Å²) in [6, 6.07) is 0. The van der Waals surface area contributed by atoms with Crippen molar-refractivity contribution in [3.63, 3.8) is 0 Å². The Bertz CT molecular complexity index is 495. The Balaban J connectivity index is 1.75. The molecule has 1 unspecified atom stereocenters. The summed E-state index contributed by atoms with van der Waals surface area (Å²) < 4.78 is 11.5. The molecule has 1 atom stereocenters. The molecule has 0 amide bonds. The number of unbranched alkanes of at least 4 members (excludes halogenated alkanes) is 7. The average Bonchev–Trinajstić information content (AvgIpc) is 3.11. The fourth-order valence-electron chi connectivity index (χ4n) is 4.09. The zero-order valence-electron chi connectivity index (χ0n) is 18.6. The maximum Gasteiger partial charge on any atom is 0.157 e. The highest BCUT2D eigenvalue weighted by Gasteiger charge is 2.14. The Morgan fingerprint density at radius 2 is 1.71 bits per heavy atom. The lowest BCUT2D eigenvalue weighted by atomic mass is 10.0. The van der Waals surface area contributed by atoms with Gasteiger partial charge < -0.3 is 9.47 Å². The molecule has 0 aromatic carbocycles. The van der Waals surface area contributed by atoms with Gasteiger partial charge in [0.2, 0.25) is 0 Å². The first-order valence-corrected chi connectivity index (χ1v) is 12.2. The van der Waals surface area contributed by atoms with E-state index in [9.17, 15) is 0 Å². The molecule has 2 heteroatoms. The summed E-state index contributed by atoms with van der Waals surface area (Å²) >= 11 is 0. The first kappa shape index (κ1) is 23.4. The predicted molar refractivity (Wildman–Crippen MR) is 121 cm³/mol. The van der Waals surface area contributed by atoms with Crippen molar-refractivity contribution in [2.75, 3.05) is 13.2 Å². The summed E-state index contributed by atoms with van der Waals surface area (Å²) in [6.07, 6.45) is 26.4. The Morgan fingerprint density at radius 1 is 0.929 bits per heavy atom. The molecule has 0 N–H and O–H groups in total. The third-order valence-electron chi connectivity index (χ3n) is 5.84. The first-order chi connectivity index (χ1) is 13.8. The van der Waals surface area contributed by atoms with Crippen molar-refractivity contribution < 1.29 is 9.47 Å². The van der Waals surface area contributed by atoms with Crippen LogP contribution in [0, 0.1) is 0 Å². The van der Waals surface area contributed by atoms with Gasteiger partial charge in [-0.3, -0.25) is 0 Å². The molecular formula is C26H44O2. The minimum Gasteiger partial charge on any atom is -0.353 e. The van der Waals surface area contributed by atoms with Crippen LogP contribution in [0.15, 0.2) is 34.9 Å². The van der Waals surface area contributed by atoms with Crippen LogP contribution in [0.4, 0.5) is 0 Å². The molecule has 0 aromatic rings. The van der Waals surface area contributed by atoms with E-state index in [-0.39, 0.29) is 6.29 Å². The van der Waals surface area contributed by atoms with Crippen LogP contribution in [0.25, 0.3) is 0 Å². The summed E-state index contributed by atoms with van der Waals surface area (Å²) in [6.45, 7) is 6.26. The van der Waals surface area contributed by atoms with Crippen LogP contribution in [0.2, 0.25) is 0 Å². The lowest BCUT2D eigenvalue weighted by Gasteiger charge is -2.22. The van der Waals surface area contributed by atoms with Gasteiger partial charge in [0.25, 0.3) is 0 Å². The summed E-state index contributed by atoms with van der Waals surface area (Å²) in [5.41, 5.74) is 4.63. The maximum atomic E-state index is 5.88. The average molecular weight is 389 g/mol. The molecule has 2 aliphatic rings. The summed E-state index contributed by atoms with van der Waals surface area (Å²) in [5.74, 6) is 0. The van der Waals surface area contributed by atoms with E-state index in [0.717, 1.165) is 32.5 Å². The van der Waals surface area contributed by atoms with Gasteiger partial charge in [-0.2, -0.15) is 0 Å². The summed E-state index contributed by atoms with van der Waals surface area (Å²) in [4.78, 5) is 0. The number of ether oxygens (including phenoxy) is 2. The van der Waals surface area contributed by atoms with Crippen molar-refractivity contribution in [1.82, 2.24) is 0 Å². The molecule has 0 bridgehead atoms. The largest absolute Gasteiger partial charge is 0.353 e. The number of rotatable bonds is 15. The van der Waals surface area contributed by atoms with Crippen LogP contribution in [-0.2, 0) is 9.47 Å². The van der Waals surface area contributed by atoms with Crippen LogP contribution >= 0.6 is 0 Å². The molecule has 2 nitrogen and oxygen atoms in total. The van der Waals surface area contributed by atoms with Gasteiger partial charge in [-0.25, -0.2) is 0 Å². The zero-order valence-corrected chi connectivity index (χ0v) is 18.6. The molecule has 1 aliphatic heterocycles. The third kappa shape index (κ3) is 9.56. The van der Waals surface area contributed by atoms with E-state index in [1.54, 1.807) is 11.1 Å². The van der Waals surface area contributed by atoms with E-state index in [4.69, 9.17) is 9.47 Å². The van der Waals surface area contributed by atoms with E-state index in [1.165, 1.54) is 82.6 Å². The molecule has 2 rings (SSSR count). The second-order valence-corrected chi connectivity index (χ2v) is 8.48. The Labute approximate surface area is 174 Å². The van der Waals surface area contributed by atoms with E-state index in [1.807, 2.05) is 0 Å². The van der Waals surface area contributed by atoms with Gasteiger partial charge >= 0.3 is 0 Å². The Morgan fingerprint density at radius 3 is 2.43 bits per heavy atom. The van der Waals surface area contributed by atoms with Crippen molar-refractivity contribution in [3.05, 3.63) is 34.9 Å². The minimum atomic E-state index is 0.0523. The SMILES string of the molecule is CCCCCCC1=C/C(=C\CCCOC2CCCCO2)C(CCCCCC)=C1. The highest BCUT2D eigenvalue weighted by molar-refractivity contribution is 5.52. The van der Waals surface area contributed by atoms with Crippen LogP contribution < -0.4 is 0 Å². The normalized spacial score (nSPS) is 21.2. The predicted octanol–water partition coefficient (Wildman–Crippen LogP) is 8.04. The highest BCUT2D eigenvalue weighted by Crippen LogP contribution is 2.31. The smallest absolute Gasteiger partial charge is 0.157 e. The summed E-state index contributed by atoms with van der Waals surface area (Å²) in [5, 5.41) is 0. The minimum absolute atomic E-state index is 0.0523. The molecule has 1 saturated heterocycles. The third-order valence-corrected chi connectivity index (χ3v) is 5.84. The Hall–Kier alpha value is -0.860. The van der Waals surface area contributed by atoms with Gasteiger partial charge in [0.05, 0.1) is 6.61 Å². The van der Waals surface area contributed by atoms with E-state index >= 15 is 0 Å². The van der Waals surface area contributed by atoms with Crippen LogP contribution in [0.5, 0.6) is 0 Å². The van der Waals surface area contributed by atoms with Crippen molar-refractivity contribution in [3.8, 4) is 0 Å². The van der Waals surface area contributed by atoms with Gasteiger partial charge in [-0.05, 0) is 74.5 Å². The molecular weight excluding hydrogens is 344 g/mol. The molecule has 1 aliphatic carbocycles. The number of allylic oxidation sites excluding steroid dienone is 6. The van der Waals surface area contributed by atoms with Crippen LogP contribution in [-0.4, -0.2) is 19.5 Å². The second kappa shape index (κ2) is 15.0. The quantitative estimate of drug-likeness (QED) is 0.264. The van der Waals surface area contributed by atoms with Gasteiger partial charge in [-0.1, -0.05) is 70.6 Å². The van der Waals surface area contributed by atoms with Crippen LogP contribution in [0.1, 0.15) is 110 Å². The van der Waals surface area contributed by atoms with Gasteiger partial charge in [0.15, 0.2) is 6.29 Å². The van der Waals surface area contributed by atoms with Crippen molar-refractivity contribution in [2.45, 2.75) is 116 Å². The molecule has 28 heavy (non-hydrogen) atoms. The van der Waals surface area contributed by atoms with Crippen molar-refractivity contribution in [1.29, 1.82) is 0 Å². The highest BCUT2D eigenvalue weighted by atomic mass is 16.7. The van der Waals surface area contributed by atoms with Crippen molar-refractivity contribution >= 4 is 0 Å². The standard InChI is InChI=1S/C26H44O2/c1-3-5-7-9-15-23-21-24(16-10-8-6-4-2)25(22-23)17-11-13-19-27-26-18-12-14-20-28-26/h17,21-22,26H,3-16,18-20H2,1-2H3/b25-17+. The molecule has 0 aromatic heterocycles. The Kier molecular flexibility index (Phi) is 12.6. The van der Waals surface area contributed by atoms with E-state index in [2.05, 4.69) is 32.1 Å². The molecule has 1 fully saturated rings. The van der Waals surface area contributed by atoms with Gasteiger partial charge in [0, 0.05) is 6.61 Å². The van der Waals surface area contributed by atoms with Gasteiger partial charge in [-0.15, -0.1) is 0 Å². The number of hydrogen-bond acceptors (Lipinski definition) is 2. The lowest BCUT2D eigenvalue weighted by molar-refractivity contribution is -0.162. The monoisotopic (exact) mass is 388 g/mol. The molecule has 0 spiro atoms. The number of hydrogen-bond donors (Lipinski definition) is 0. The second-order valence-electron chi connectivity index (χ2n) is 8.48. The molecule has 0 radical (unpaired) electrons. The zero-order chi connectivity index (χ0) is 19.9. The van der Waals surface area contributed by atoms with Crippen molar-refractivity contribution in [2.24, 2.45) is 0 Å². The van der Waals surface area contributed by atoms with Crippen LogP contribution in [0.3, 0.4) is 0 Å². The molecule has 0 saturated carbocycles. The summed E-state index contributed by atoms with van der Waals surface area (Å²) in [7, 11) is 0. The first-order valence-electron chi connectivity index (χ1n) is 12.2. The molecule has 160 valence electrons. The fourth-order valence-corrected chi connectivity index (χ4v) is 4.09. The molecule has 1 heterocycles. The van der Waals surface area contributed by atoms with E-state index in [0.29, 0.717) is 0 Å².